The van der Waals surface area contributed by atoms with Gasteiger partial charge in [-0.05, 0) is 38.0 Å². The highest BCUT2D eigenvalue weighted by atomic mass is 16.6. The van der Waals surface area contributed by atoms with Crippen molar-refractivity contribution in [2.24, 2.45) is 0 Å². The first-order chi connectivity index (χ1) is 11.9. The number of aromatic hydroxyl groups is 2. The Hall–Kier alpha value is -2.95. The molecule has 2 aliphatic heterocycles. The number of fused-ring (bicyclic) bond motifs is 5. The van der Waals surface area contributed by atoms with Crippen molar-refractivity contribution in [3.05, 3.63) is 58.7 Å². The minimum atomic E-state index is -0.566. The van der Waals surface area contributed by atoms with E-state index in [-0.39, 0.29) is 11.5 Å². The smallest absolute Gasteiger partial charge is 0.323 e. The molecule has 0 radical (unpaired) electrons. The Morgan fingerprint density at radius 2 is 1.92 bits per heavy atom. The largest absolute Gasteiger partial charge is 0.508 e. The Morgan fingerprint density at radius 1 is 1.12 bits per heavy atom. The van der Waals surface area contributed by atoms with Crippen molar-refractivity contribution in [3.8, 4) is 23.0 Å². The van der Waals surface area contributed by atoms with Gasteiger partial charge in [0.15, 0.2) is 0 Å². The fraction of sp³-hybridized carbons (Fsp3) is 0.250. The molecule has 2 aliphatic rings. The van der Waals surface area contributed by atoms with E-state index in [2.05, 4.69) is 0 Å². The zero-order valence-corrected chi connectivity index (χ0v) is 13.9. The number of phenolic OH excluding ortho intramolecular Hbond substituents is 2. The van der Waals surface area contributed by atoms with Crippen LogP contribution in [0.15, 0.2) is 42.0 Å². The molecule has 128 valence electrons. The van der Waals surface area contributed by atoms with Gasteiger partial charge in [-0.2, -0.15) is 0 Å². The summed E-state index contributed by atoms with van der Waals surface area (Å²) in [5, 5.41) is 19.9. The number of esters is 1. The monoisotopic (exact) mass is 338 g/mol. The van der Waals surface area contributed by atoms with Crippen molar-refractivity contribution in [1.82, 2.24) is 0 Å². The summed E-state index contributed by atoms with van der Waals surface area (Å²) in [6, 6.07) is 8.03. The Bertz CT molecular complexity index is 909. The fourth-order valence-electron chi connectivity index (χ4n) is 3.34. The van der Waals surface area contributed by atoms with Crippen LogP contribution in [0.2, 0.25) is 0 Å². The first kappa shape index (κ1) is 15.6. The number of carbonyl (C=O) groups excluding carboxylic acids is 1. The summed E-state index contributed by atoms with van der Waals surface area (Å²) >= 11 is 0. The van der Waals surface area contributed by atoms with Gasteiger partial charge in [-0.25, -0.2) is 0 Å². The minimum Gasteiger partial charge on any atom is -0.508 e. The molecule has 2 N–H and O–H groups in total. The van der Waals surface area contributed by atoms with Crippen molar-refractivity contribution in [2.75, 3.05) is 0 Å². The predicted molar refractivity (Wildman–Crippen MR) is 91.1 cm³/mol. The number of carbonyl (C=O) groups is 1. The third-order valence-corrected chi connectivity index (χ3v) is 4.60. The lowest BCUT2D eigenvalue weighted by Gasteiger charge is -2.26. The lowest BCUT2D eigenvalue weighted by atomic mass is 9.87. The number of rotatable bonds is 2. The number of benzene rings is 2. The molecular formula is C20H18O5. The number of allylic oxidation sites excluding steroid dienone is 2. The highest BCUT2D eigenvalue weighted by molar-refractivity contribution is 5.86. The molecule has 0 amide bonds. The molecule has 2 aromatic rings. The Labute approximate surface area is 145 Å². The number of hydrogen-bond acceptors (Lipinski definition) is 5. The summed E-state index contributed by atoms with van der Waals surface area (Å²) < 4.78 is 11.4. The van der Waals surface area contributed by atoms with Crippen molar-refractivity contribution >= 4 is 5.97 Å². The van der Waals surface area contributed by atoms with E-state index >= 15 is 0 Å². The maximum absolute atomic E-state index is 12.4. The Morgan fingerprint density at radius 3 is 2.68 bits per heavy atom. The van der Waals surface area contributed by atoms with Gasteiger partial charge in [0.1, 0.15) is 35.0 Å². The quantitative estimate of drug-likeness (QED) is 0.495. The van der Waals surface area contributed by atoms with Crippen LogP contribution in [0, 0.1) is 0 Å². The summed E-state index contributed by atoms with van der Waals surface area (Å²) in [5.41, 5.74) is 3.34. The molecule has 0 saturated heterocycles. The predicted octanol–water partition coefficient (Wildman–Crippen LogP) is 3.74. The second-order valence-corrected chi connectivity index (χ2v) is 6.66. The van der Waals surface area contributed by atoms with Crippen LogP contribution < -0.4 is 9.47 Å². The maximum atomic E-state index is 12.4. The molecule has 0 fully saturated rings. The second-order valence-electron chi connectivity index (χ2n) is 6.66. The van der Waals surface area contributed by atoms with Crippen LogP contribution >= 0.6 is 0 Å². The molecule has 0 unspecified atom stereocenters. The van der Waals surface area contributed by atoms with Crippen LogP contribution in [0.3, 0.4) is 0 Å². The summed E-state index contributed by atoms with van der Waals surface area (Å²) in [7, 11) is 0. The third-order valence-electron chi connectivity index (χ3n) is 4.60. The van der Waals surface area contributed by atoms with Crippen LogP contribution in [0.25, 0.3) is 0 Å². The van der Waals surface area contributed by atoms with Crippen molar-refractivity contribution < 1.29 is 24.5 Å². The zero-order chi connectivity index (χ0) is 17.7. The topological polar surface area (TPSA) is 76.0 Å². The third kappa shape index (κ3) is 2.52. The molecule has 2 atom stereocenters. The SMILES string of the molecule is CC(C)=CCc1cc2c(cc1O)OC(=O)[C@@H]1c3ccc(O)cc3O[C@H]21. The van der Waals surface area contributed by atoms with Gasteiger partial charge < -0.3 is 19.7 Å². The van der Waals surface area contributed by atoms with Gasteiger partial charge in [-0.15, -0.1) is 0 Å². The fourth-order valence-corrected chi connectivity index (χ4v) is 3.34. The van der Waals surface area contributed by atoms with Gasteiger partial charge in [-0.1, -0.05) is 17.7 Å². The highest BCUT2D eigenvalue weighted by Gasteiger charge is 2.46. The van der Waals surface area contributed by atoms with E-state index in [1.165, 1.54) is 18.2 Å². The average molecular weight is 338 g/mol. The van der Waals surface area contributed by atoms with Crippen molar-refractivity contribution in [3.63, 3.8) is 0 Å². The molecule has 2 heterocycles. The first-order valence-corrected chi connectivity index (χ1v) is 8.14. The van der Waals surface area contributed by atoms with Gasteiger partial charge in [0.2, 0.25) is 0 Å². The van der Waals surface area contributed by atoms with Crippen molar-refractivity contribution in [2.45, 2.75) is 32.3 Å². The van der Waals surface area contributed by atoms with Gasteiger partial charge in [0.25, 0.3) is 0 Å². The maximum Gasteiger partial charge on any atom is 0.323 e. The van der Waals surface area contributed by atoms with E-state index in [0.29, 0.717) is 23.5 Å². The molecule has 0 aliphatic carbocycles. The summed E-state index contributed by atoms with van der Waals surface area (Å²) in [4.78, 5) is 12.4. The van der Waals surface area contributed by atoms with E-state index in [1.54, 1.807) is 6.07 Å². The molecule has 4 rings (SSSR count). The first-order valence-electron chi connectivity index (χ1n) is 8.14. The summed E-state index contributed by atoms with van der Waals surface area (Å²) in [6.07, 6.45) is 2.09. The second kappa shape index (κ2) is 5.55. The van der Waals surface area contributed by atoms with Crippen LogP contribution in [0.5, 0.6) is 23.0 Å². The van der Waals surface area contributed by atoms with Gasteiger partial charge in [-0.3, -0.25) is 4.79 Å². The molecule has 0 spiro atoms. The summed E-state index contributed by atoms with van der Waals surface area (Å²) in [6.45, 7) is 3.99. The number of hydrogen-bond donors (Lipinski definition) is 2. The molecule has 0 aromatic heterocycles. The zero-order valence-electron chi connectivity index (χ0n) is 13.9. The van der Waals surface area contributed by atoms with Gasteiger partial charge >= 0.3 is 5.97 Å². The molecule has 0 saturated carbocycles. The number of ether oxygens (including phenoxy) is 2. The lowest BCUT2D eigenvalue weighted by molar-refractivity contribution is -0.139. The van der Waals surface area contributed by atoms with E-state index in [4.69, 9.17) is 9.47 Å². The molecular weight excluding hydrogens is 320 g/mol. The van der Waals surface area contributed by atoms with Crippen LogP contribution in [-0.2, 0) is 11.2 Å². The van der Waals surface area contributed by atoms with E-state index < -0.39 is 18.0 Å². The molecule has 2 aromatic carbocycles. The molecule has 0 bridgehead atoms. The highest BCUT2D eigenvalue weighted by Crippen LogP contribution is 2.53. The Balaban J connectivity index is 1.79. The lowest BCUT2D eigenvalue weighted by Crippen LogP contribution is -2.29. The van der Waals surface area contributed by atoms with E-state index in [9.17, 15) is 15.0 Å². The molecule has 5 heteroatoms. The standard InChI is InChI=1S/C20H18O5/c1-10(2)3-4-11-7-14-17(9-15(11)22)25-20(23)18-13-6-5-12(21)8-16(13)24-19(14)18/h3,5-9,18-19,21-22H,4H2,1-2H3/t18-,19-/m1/s1. The van der Waals surface area contributed by atoms with Crippen LogP contribution in [0.1, 0.15) is 42.6 Å². The van der Waals surface area contributed by atoms with Crippen LogP contribution in [-0.4, -0.2) is 16.2 Å². The minimum absolute atomic E-state index is 0.0842. The summed E-state index contributed by atoms with van der Waals surface area (Å²) in [5.74, 6) is -0.000572. The normalized spacial score (nSPS) is 20.0. The Kier molecular flexibility index (Phi) is 3.46. The van der Waals surface area contributed by atoms with Gasteiger partial charge in [0, 0.05) is 23.3 Å². The van der Waals surface area contributed by atoms with E-state index in [0.717, 1.165) is 16.7 Å². The van der Waals surface area contributed by atoms with E-state index in [1.807, 2.05) is 26.0 Å². The van der Waals surface area contributed by atoms with Crippen molar-refractivity contribution in [1.29, 1.82) is 0 Å². The average Bonchev–Trinajstić information content (AvgIpc) is 2.92. The number of phenols is 2. The molecule has 5 nitrogen and oxygen atoms in total. The van der Waals surface area contributed by atoms with Gasteiger partial charge in [0.05, 0.1) is 0 Å². The molecule has 25 heavy (non-hydrogen) atoms. The van der Waals surface area contributed by atoms with Crippen LogP contribution in [0.4, 0.5) is 0 Å².